The van der Waals surface area contributed by atoms with Gasteiger partial charge in [-0.1, -0.05) is 17.7 Å². The second-order valence-corrected chi connectivity index (χ2v) is 7.06. The molecule has 1 amide bonds. The van der Waals surface area contributed by atoms with Crippen LogP contribution >= 0.6 is 0 Å². The Hall–Kier alpha value is -3.53. The largest absolute Gasteiger partial charge is 0.322 e. The third-order valence-corrected chi connectivity index (χ3v) is 4.95. The zero-order valence-electron chi connectivity index (χ0n) is 16.2. The van der Waals surface area contributed by atoms with Crippen molar-refractivity contribution in [1.29, 1.82) is 0 Å². The van der Waals surface area contributed by atoms with Gasteiger partial charge < -0.3 is 5.32 Å². The van der Waals surface area contributed by atoms with Gasteiger partial charge in [-0.25, -0.2) is 4.98 Å². The Morgan fingerprint density at radius 3 is 2.39 bits per heavy atom. The fourth-order valence-electron chi connectivity index (χ4n) is 3.22. The molecule has 0 atom stereocenters. The molecule has 4 nitrogen and oxygen atoms in total. The summed E-state index contributed by atoms with van der Waals surface area (Å²) in [4.78, 5) is 22.0. The monoisotopic (exact) mass is 367 g/mol. The van der Waals surface area contributed by atoms with Gasteiger partial charge in [0.25, 0.3) is 5.91 Å². The number of nitrogens with one attached hydrogen (secondary N) is 1. The van der Waals surface area contributed by atoms with Crippen molar-refractivity contribution in [1.82, 2.24) is 9.97 Å². The van der Waals surface area contributed by atoms with Crippen molar-refractivity contribution in [3.05, 3.63) is 89.2 Å². The van der Waals surface area contributed by atoms with Gasteiger partial charge >= 0.3 is 0 Å². The molecule has 2 aromatic heterocycles. The maximum absolute atomic E-state index is 13.2. The van der Waals surface area contributed by atoms with Gasteiger partial charge in [0.2, 0.25) is 0 Å². The average Bonchev–Trinajstić information content (AvgIpc) is 2.70. The molecular formula is C24H21N3O. The molecule has 0 saturated heterocycles. The Bertz CT molecular complexity index is 1180. The molecule has 0 saturated carbocycles. The van der Waals surface area contributed by atoms with Gasteiger partial charge in [0, 0.05) is 29.0 Å². The number of pyridine rings is 2. The lowest BCUT2D eigenvalue weighted by Gasteiger charge is -2.12. The summed E-state index contributed by atoms with van der Waals surface area (Å²) in [5, 5.41) is 3.88. The summed E-state index contributed by atoms with van der Waals surface area (Å²) in [5.74, 6) is -0.142. The highest BCUT2D eigenvalue weighted by Gasteiger charge is 2.15. The highest BCUT2D eigenvalue weighted by Crippen LogP contribution is 2.26. The zero-order chi connectivity index (χ0) is 19.7. The van der Waals surface area contributed by atoms with Gasteiger partial charge in [0.15, 0.2) is 0 Å². The first-order valence-electron chi connectivity index (χ1n) is 9.22. The SMILES string of the molecule is Cc1ccc2nc(-c3ccncc3)cc(C(=O)Nc3ccc(C)c(C)c3)c2c1. The van der Waals surface area contributed by atoms with Gasteiger partial charge in [-0.05, 0) is 74.4 Å². The maximum atomic E-state index is 13.2. The molecule has 0 radical (unpaired) electrons. The second kappa shape index (κ2) is 7.24. The van der Waals surface area contributed by atoms with E-state index in [4.69, 9.17) is 4.98 Å². The van der Waals surface area contributed by atoms with E-state index in [-0.39, 0.29) is 5.91 Å². The summed E-state index contributed by atoms with van der Waals surface area (Å²) in [6.07, 6.45) is 3.45. The van der Waals surface area contributed by atoms with Gasteiger partial charge in [0.1, 0.15) is 0 Å². The summed E-state index contributed by atoms with van der Waals surface area (Å²) >= 11 is 0. The van der Waals surface area contributed by atoms with Crippen LogP contribution in [0.1, 0.15) is 27.0 Å². The number of rotatable bonds is 3. The lowest BCUT2D eigenvalue weighted by Crippen LogP contribution is -2.13. The van der Waals surface area contributed by atoms with Crippen LogP contribution in [-0.4, -0.2) is 15.9 Å². The quantitative estimate of drug-likeness (QED) is 0.522. The molecule has 0 aliphatic carbocycles. The standard InChI is InChI=1S/C24H21N3O/c1-15-4-7-22-20(12-15)21(14-23(27-22)18-8-10-25-11-9-18)24(28)26-19-6-5-16(2)17(3)13-19/h4-14H,1-3H3,(H,26,28). The fraction of sp³-hybridized carbons (Fsp3) is 0.125. The molecule has 1 N–H and O–H groups in total. The van der Waals surface area contributed by atoms with E-state index in [0.29, 0.717) is 5.56 Å². The molecule has 4 aromatic rings. The van der Waals surface area contributed by atoms with Crippen LogP contribution in [0.2, 0.25) is 0 Å². The number of hydrogen-bond acceptors (Lipinski definition) is 3. The molecule has 0 spiro atoms. The second-order valence-electron chi connectivity index (χ2n) is 7.06. The summed E-state index contributed by atoms with van der Waals surface area (Å²) in [6, 6.07) is 17.6. The number of carbonyl (C=O) groups excluding carboxylic acids is 1. The topological polar surface area (TPSA) is 54.9 Å². The van der Waals surface area contributed by atoms with E-state index in [0.717, 1.165) is 39.0 Å². The van der Waals surface area contributed by atoms with Crippen LogP contribution in [0.3, 0.4) is 0 Å². The minimum atomic E-state index is -0.142. The number of benzene rings is 2. The molecule has 0 bridgehead atoms. The Morgan fingerprint density at radius 1 is 0.857 bits per heavy atom. The average molecular weight is 367 g/mol. The molecule has 138 valence electrons. The molecule has 0 fully saturated rings. The number of fused-ring (bicyclic) bond motifs is 1. The van der Waals surface area contributed by atoms with E-state index in [9.17, 15) is 4.79 Å². The van der Waals surface area contributed by atoms with Crippen molar-refractivity contribution in [3.8, 4) is 11.3 Å². The van der Waals surface area contributed by atoms with Crippen molar-refractivity contribution < 1.29 is 4.79 Å². The third-order valence-electron chi connectivity index (χ3n) is 4.95. The smallest absolute Gasteiger partial charge is 0.256 e. The number of hydrogen-bond donors (Lipinski definition) is 1. The van der Waals surface area contributed by atoms with Crippen LogP contribution in [0, 0.1) is 20.8 Å². The Kier molecular flexibility index (Phi) is 4.62. The summed E-state index contributed by atoms with van der Waals surface area (Å²) in [5.41, 5.74) is 7.31. The molecule has 2 heterocycles. The number of amides is 1. The van der Waals surface area contributed by atoms with Gasteiger partial charge in [-0.2, -0.15) is 0 Å². The summed E-state index contributed by atoms with van der Waals surface area (Å²) < 4.78 is 0. The molecule has 0 aliphatic rings. The number of aromatic nitrogens is 2. The number of anilines is 1. The number of carbonyl (C=O) groups is 1. The molecule has 0 aliphatic heterocycles. The van der Waals surface area contributed by atoms with E-state index >= 15 is 0 Å². The Balaban J connectivity index is 1.82. The van der Waals surface area contributed by atoms with Crippen LogP contribution in [0.15, 0.2) is 67.0 Å². The van der Waals surface area contributed by atoms with Crippen LogP contribution in [0.25, 0.3) is 22.2 Å². The summed E-state index contributed by atoms with van der Waals surface area (Å²) in [6.45, 7) is 6.11. The fourth-order valence-corrected chi connectivity index (χ4v) is 3.22. The van der Waals surface area contributed by atoms with E-state index in [1.165, 1.54) is 5.56 Å². The predicted octanol–water partition coefficient (Wildman–Crippen LogP) is 5.47. The van der Waals surface area contributed by atoms with Crippen molar-refractivity contribution in [2.45, 2.75) is 20.8 Å². The summed E-state index contributed by atoms with van der Waals surface area (Å²) in [7, 11) is 0. The van der Waals surface area contributed by atoms with Crippen molar-refractivity contribution in [2.24, 2.45) is 0 Å². The maximum Gasteiger partial charge on any atom is 0.256 e. The minimum Gasteiger partial charge on any atom is -0.322 e. The molecule has 0 unspecified atom stereocenters. The van der Waals surface area contributed by atoms with Gasteiger partial charge in [0.05, 0.1) is 16.8 Å². The van der Waals surface area contributed by atoms with E-state index in [1.807, 2.05) is 68.4 Å². The van der Waals surface area contributed by atoms with E-state index < -0.39 is 0 Å². The molecular weight excluding hydrogens is 346 g/mol. The Labute approximate surface area is 164 Å². The molecule has 4 heteroatoms. The third kappa shape index (κ3) is 3.49. The lowest BCUT2D eigenvalue weighted by molar-refractivity contribution is 0.102. The first-order valence-corrected chi connectivity index (χ1v) is 9.22. The Morgan fingerprint density at radius 2 is 1.64 bits per heavy atom. The number of aryl methyl sites for hydroxylation is 3. The predicted molar refractivity (Wildman–Crippen MR) is 114 cm³/mol. The molecule has 2 aromatic carbocycles. The van der Waals surface area contributed by atoms with Crippen LogP contribution in [-0.2, 0) is 0 Å². The van der Waals surface area contributed by atoms with Crippen molar-refractivity contribution >= 4 is 22.5 Å². The number of nitrogens with zero attached hydrogens (tertiary/aromatic N) is 2. The highest BCUT2D eigenvalue weighted by atomic mass is 16.1. The first-order chi connectivity index (χ1) is 13.5. The van der Waals surface area contributed by atoms with E-state index in [1.54, 1.807) is 12.4 Å². The van der Waals surface area contributed by atoms with Crippen molar-refractivity contribution in [3.63, 3.8) is 0 Å². The van der Waals surface area contributed by atoms with Crippen LogP contribution in [0.4, 0.5) is 5.69 Å². The zero-order valence-corrected chi connectivity index (χ0v) is 16.2. The minimum absolute atomic E-state index is 0.142. The highest BCUT2D eigenvalue weighted by molar-refractivity contribution is 6.13. The van der Waals surface area contributed by atoms with Crippen LogP contribution in [0.5, 0.6) is 0 Å². The van der Waals surface area contributed by atoms with Crippen LogP contribution < -0.4 is 5.32 Å². The molecule has 4 rings (SSSR count). The van der Waals surface area contributed by atoms with Gasteiger partial charge in [-0.15, -0.1) is 0 Å². The van der Waals surface area contributed by atoms with E-state index in [2.05, 4.69) is 17.2 Å². The molecule has 28 heavy (non-hydrogen) atoms. The first kappa shape index (κ1) is 17.9. The van der Waals surface area contributed by atoms with Crippen molar-refractivity contribution in [2.75, 3.05) is 5.32 Å². The normalized spacial score (nSPS) is 10.8. The lowest BCUT2D eigenvalue weighted by atomic mass is 10.0. The van der Waals surface area contributed by atoms with Gasteiger partial charge in [-0.3, -0.25) is 9.78 Å².